The number of hydrogen-bond acceptors (Lipinski definition) is 2. The Morgan fingerprint density at radius 1 is 1.11 bits per heavy atom. The molecule has 0 spiro atoms. The van der Waals surface area contributed by atoms with Gasteiger partial charge in [0.15, 0.2) is 0 Å². The maximum atomic E-state index is 3.60. The lowest BCUT2D eigenvalue weighted by atomic mass is 9.92. The minimum absolute atomic E-state index is 0.692. The Kier molecular flexibility index (Phi) is 6.15. The summed E-state index contributed by atoms with van der Waals surface area (Å²) in [7, 11) is 2.16. The molecule has 3 unspecified atom stereocenters. The molecule has 1 N–H and O–H groups in total. The number of likely N-dealkylation sites (tertiary alicyclic amines) is 1. The van der Waals surface area contributed by atoms with Crippen molar-refractivity contribution in [2.45, 2.75) is 89.8 Å². The summed E-state index contributed by atoms with van der Waals surface area (Å²) in [5.74, 6) is 1.01. The monoisotopic (exact) mass is 266 g/mol. The fraction of sp³-hybridized carbons (Fsp3) is 1.00. The molecule has 0 aromatic carbocycles. The third-order valence-electron chi connectivity index (χ3n) is 5.57. The molecule has 1 saturated carbocycles. The van der Waals surface area contributed by atoms with E-state index in [0.717, 1.165) is 18.0 Å². The zero-order valence-electron chi connectivity index (χ0n) is 13.3. The molecule has 19 heavy (non-hydrogen) atoms. The largest absolute Gasteiger partial charge is 0.315 e. The van der Waals surface area contributed by atoms with Gasteiger partial charge in [0, 0.05) is 18.1 Å². The number of nitrogens with zero attached hydrogens (tertiary/aromatic N) is 1. The van der Waals surface area contributed by atoms with Crippen LogP contribution in [0, 0.1) is 5.92 Å². The first-order valence-corrected chi connectivity index (χ1v) is 8.74. The molecular weight excluding hydrogens is 232 g/mol. The zero-order chi connectivity index (χ0) is 13.7. The van der Waals surface area contributed by atoms with Crippen molar-refractivity contribution in [3.8, 4) is 0 Å². The van der Waals surface area contributed by atoms with Crippen molar-refractivity contribution in [3.63, 3.8) is 0 Å². The average Bonchev–Trinajstić information content (AvgIpc) is 3.08. The fourth-order valence-corrected chi connectivity index (χ4v) is 4.67. The van der Waals surface area contributed by atoms with Gasteiger partial charge in [-0.25, -0.2) is 0 Å². The zero-order valence-corrected chi connectivity index (χ0v) is 13.3. The van der Waals surface area contributed by atoms with Crippen LogP contribution in [0.3, 0.4) is 0 Å². The van der Waals surface area contributed by atoms with E-state index in [4.69, 9.17) is 0 Å². The van der Waals surface area contributed by atoms with Crippen molar-refractivity contribution in [1.29, 1.82) is 0 Å². The van der Waals surface area contributed by atoms with Crippen molar-refractivity contribution in [2.75, 3.05) is 13.6 Å². The van der Waals surface area contributed by atoms with E-state index in [-0.39, 0.29) is 0 Å². The van der Waals surface area contributed by atoms with Gasteiger partial charge in [-0.2, -0.15) is 0 Å². The molecule has 0 aromatic heterocycles. The van der Waals surface area contributed by atoms with E-state index < -0.39 is 0 Å². The van der Waals surface area contributed by atoms with Gasteiger partial charge in [0.1, 0.15) is 0 Å². The molecule has 0 bridgehead atoms. The highest BCUT2D eigenvalue weighted by Gasteiger charge is 2.38. The molecule has 3 atom stereocenters. The lowest BCUT2D eigenvalue weighted by molar-refractivity contribution is 0.103. The molecule has 1 saturated heterocycles. The molecule has 1 aliphatic carbocycles. The quantitative estimate of drug-likeness (QED) is 0.754. The Morgan fingerprint density at radius 2 is 1.84 bits per heavy atom. The summed E-state index contributed by atoms with van der Waals surface area (Å²) in [6.45, 7) is 6.05. The second-order valence-electron chi connectivity index (χ2n) is 6.65. The van der Waals surface area contributed by atoms with Gasteiger partial charge in [-0.1, -0.05) is 33.1 Å². The first kappa shape index (κ1) is 15.3. The third-order valence-corrected chi connectivity index (χ3v) is 5.57. The molecular formula is C17H34N2. The van der Waals surface area contributed by atoms with Crippen molar-refractivity contribution >= 4 is 0 Å². The van der Waals surface area contributed by atoms with Gasteiger partial charge >= 0.3 is 0 Å². The molecule has 2 nitrogen and oxygen atoms in total. The average molecular weight is 266 g/mol. The number of nitrogens with one attached hydrogen (secondary N) is 1. The van der Waals surface area contributed by atoms with Crippen LogP contribution in [-0.4, -0.2) is 36.6 Å². The van der Waals surface area contributed by atoms with E-state index in [1.54, 1.807) is 0 Å². The van der Waals surface area contributed by atoms with Crippen LogP contribution < -0.4 is 5.32 Å². The summed E-state index contributed by atoms with van der Waals surface area (Å²) in [5, 5.41) is 3.60. The van der Waals surface area contributed by atoms with Crippen LogP contribution >= 0.6 is 0 Å². The minimum atomic E-state index is 0.692. The molecule has 2 aliphatic rings. The summed E-state index contributed by atoms with van der Waals surface area (Å²) in [6.07, 6.45) is 12.8. The van der Waals surface area contributed by atoms with E-state index in [2.05, 4.69) is 31.1 Å². The smallest absolute Gasteiger partial charge is 0.0249 e. The van der Waals surface area contributed by atoms with Crippen LogP contribution in [0.2, 0.25) is 0 Å². The van der Waals surface area contributed by atoms with E-state index in [9.17, 15) is 0 Å². The summed E-state index contributed by atoms with van der Waals surface area (Å²) in [6, 6.07) is 2.36. The Morgan fingerprint density at radius 3 is 2.42 bits per heavy atom. The fourth-order valence-electron chi connectivity index (χ4n) is 4.67. The minimum Gasteiger partial charge on any atom is -0.315 e. The third kappa shape index (κ3) is 3.52. The molecule has 0 aromatic rings. The Balaban J connectivity index is 2.02. The molecule has 0 amide bonds. The van der Waals surface area contributed by atoms with Gasteiger partial charge < -0.3 is 5.32 Å². The Hall–Kier alpha value is -0.0800. The molecule has 112 valence electrons. The lowest BCUT2D eigenvalue weighted by Gasteiger charge is -2.40. The molecule has 0 radical (unpaired) electrons. The predicted molar refractivity (Wildman–Crippen MR) is 83.5 cm³/mol. The van der Waals surface area contributed by atoms with E-state index in [1.807, 2.05) is 0 Å². The highest BCUT2D eigenvalue weighted by molar-refractivity contribution is 4.94. The van der Waals surface area contributed by atoms with E-state index in [0.29, 0.717) is 6.04 Å². The highest BCUT2D eigenvalue weighted by Crippen LogP contribution is 2.37. The summed E-state index contributed by atoms with van der Waals surface area (Å²) in [4.78, 5) is 2.90. The second-order valence-corrected chi connectivity index (χ2v) is 6.65. The van der Waals surface area contributed by atoms with Gasteiger partial charge in [0.25, 0.3) is 0 Å². The SMILES string of the molecule is CCCC(NC)C(CC)N1CCCC1C1CCCC1. The standard InChI is InChI=1S/C17H34N2/c1-4-9-15(18-3)16(5-2)19-13-8-12-17(19)14-10-6-7-11-14/h14-18H,4-13H2,1-3H3. The maximum Gasteiger partial charge on any atom is 0.0249 e. The van der Waals surface area contributed by atoms with E-state index in [1.165, 1.54) is 64.3 Å². The number of hydrogen-bond donors (Lipinski definition) is 1. The maximum absolute atomic E-state index is 3.60. The van der Waals surface area contributed by atoms with Gasteiger partial charge in [0.05, 0.1) is 0 Å². The summed E-state index contributed by atoms with van der Waals surface area (Å²) >= 11 is 0. The predicted octanol–water partition coefficient (Wildman–Crippen LogP) is 3.81. The van der Waals surface area contributed by atoms with Crippen molar-refractivity contribution in [2.24, 2.45) is 5.92 Å². The summed E-state index contributed by atoms with van der Waals surface area (Å²) < 4.78 is 0. The molecule has 2 fully saturated rings. The van der Waals surface area contributed by atoms with Gasteiger partial charge in [-0.05, 0) is 58.0 Å². The van der Waals surface area contributed by atoms with Gasteiger partial charge in [-0.3, -0.25) is 4.90 Å². The molecule has 1 heterocycles. The first-order chi connectivity index (χ1) is 9.31. The van der Waals surface area contributed by atoms with Crippen LogP contribution in [0.15, 0.2) is 0 Å². The van der Waals surface area contributed by atoms with Crippen LogP contribution in [0.4, 0.5) is 0 Å². The summed E-state index contributed by atoms with van der Waals surface area (Å²) in [5.41, 5.74) is 0. The van der Waals surface area contributed by atoms with Gasteiger partial charge in [0.2, 0.25) is 0 Å². The molecule has 1 aliphatic heterocycles. The van der Waals surface area contributed by atoms with Crippen LogP contribution in [0.1, 0.15) is 71.6 Å². The van der Waals surface area contributed by atoms with Gasteiger partial charge in [-0.15, -0.1) is 0 Å². The van der Waals surface area contributed by atoms with Crippen LogP contribution in [-0.2, 0) is 0 Å². The Bertz CT molecular complexity index is 248. The topological polar surface area (TPSA) is 15.3 Å². The lowest BCUT2D eigenvalue weighted by Crippen LogP contribution is -2.52. The van der Waals surface area contributed by atoms with Crippen molar-refractivity contribution in [1.82, 2.24) is 10.2 Å². The molecule has 2 rings (SSSR count). The van der Waals surface area contributed by atoms with E-state index >= 15 is 0 Å². The normalized spacial score (nSPS) is 28.9. The van der Waals surface area contributed by atoms with Crippen molar-refractivity contribution in [3.05, 3.63) is 0 Å². The number of likely N-dealkylation sites (N-methyl/N-ethyl adjacent to an activating group) is 1. The highest BCUT2D eigenvalue weighted by atomic mass is 15.2. The van der Waals surface area contributed by atoms with Crippen LogP contribution in [0.25, 0.3) is 0 Å². The van der Waals surface area contributed by atoms with Crippen molar-refractivity contribution < 1.29 is 0 Å². The number of rotatable bonds is 7. The Labute approximate surface area is 120 Å². The van der Waals surface area contributed by atoms with Crippen LogP contribution in [0.5, 0.6) is 0 Å². The molecule has 2 heteroatoms. The second kappa shape index (κ2) is 7.64. The first-order valence-electron chi connectivity index (χ1n) is 8.74.